The average Bonchev–Trinajstić information content (AvgIpc) is 2.93. The van der Waals surface area contributed by atoms with Crippen LogP contribution in [-0.2, 0) is 4.79 Å². The molecule has 0 atom stereocenters. The number of nitrogens with one attached hydrogen (secondary N) is 1. The molecule has 5 nitrogen and oxygen atoms in total. The normalized spacial score (nSPS) is 10.8. The van der Waals surface area contributed by atoms with E-state index in [0.717, 1.165) is 28.3 Å². The first-order chi connectivity index (χ1) is 12.4. The average molecular weight is 366 g/mol. The highest BCUT2D eigenvalue weighted by molar-refractivity contribution is 7.99. The van der Waals surface area contributed by atoms with Gasteiger partial charge in [-0.05, 0) is 63.1 Å². The summed E-state index contributed by atoms with van der Waals surface area (Å²) in [6.45, 7) is 8.00. The Bertz CT molecular complexity index is 911. The largest absolute Gasteiger partial charge is 0.325 e. The Morgan fingerprint density at radius 2 is 1.62 bits per heavy atom. The van der Waals surface area contributed by atoms with Crippen LogP contribution in [0.5, 0.6) is 0 Å². The van der Waals surface area contributed by atoms with Gasteiger partial charge in [0.15, 0.2) is 5.16 Å². The zero-order valence-corrected chi connectivity index (χ0v) is 16.2. The molecule has 0 aliphatic heterocycles. The fourth-order valence-corrected chi connectivity index (χ4v) is 3.60. The van der Waals surface area contributed by atoms with Crippen LogP contribution < -0.4 is 5.32 Å². The highest BCUT2D eigenvalue weighted by Gasteiger charge is 2.13. The molecule has 1 N–H and O–H groups in total. The van der Waals surface area contributed by atoms with Gasteiger partial charge >= 0.3 is 0 Å². The van der Waals surface area contributed by atoms with Gasteiger partial charge in [0.2, 0.25) is 5.91 Å². The number of nitrogens with zero attached hydrogens (tertiary/aromatic N) is 3. The summed E-state index contributed by atoms with van der Waals surface area (Å²) in [6, 6.07) is 14.2. The second-order valence-electron chi connectivity index (χ2n) is 6.41. The van der Waals surface area contributed by atoms with E-state index in [1.165, 1.54) is 17.3 Å². The third kappa shape index (κ3) is 4.32. The van der Waals surface area contributed by atoms with Gasteiger partial charge in [-0.1, -0.05) is 35.5 Å². The van der Waals surface area contributed by atoms with Crippen molar-refractivity contribution in [1.82, 2.24) is 14.8 Å². The molecule has 0 saturated heterocycles. The molecule has 0 saturated carbocycles. The van der Waals surface area contributed by atoms with E-state index in [4.69, 9.17) is 0 Å². The monoisotopic (exact) mass is 366 g/mol. The summed E-state index contributed by atoms with van der Waals surface area (Å²) in [4.78, 5) is 12.3. The molecule has 0 radical (unpaired) electrons. The summed E-state index contributed by atoms with van der Waals surface area (Å²) < 4.78 is 1.97. The maximum Gasteiger partial charge on any atom is 0.234 e. The Balaban J connectivity index is 1.70. The number of benzene rings is 2. The van der Waals surface area contributed by atoms with Gasteiger partial charge in [0.1, 0.15) is 5.82 Å². The van der Waals surface area contributed by atoms with Gasteiger partial charge in [0.05, 0.1) is 5.75 Å². The summed E-state index contributed by atoms with van der Waals surface area (Å²) in [5.41, 5.74) is 5.27. The second-order valence-corrected chi connectivity index (χ2v) is 7.36. The van der Waals surface area contributed by atoms with Crippen LogP contribution >= 0.6 is 11.8 Å². The van der Waals surface area contributed by atoms with Crippen molar-refractivity contribution < 1.29 is 4.79 Å². The highest BCUT2D eigenvalue weighted by Crippen LogP contribution is 2.22. The fraction of sp³-hybridized carbons (Fsp3) is 0.250. The van der Waals surface area contributed by atoms with E-state index in [2.05, 4.69) is 40.6 Å². The molecule has 0 spiro atoms. The lowest BCUT2D eigenvalue weighted by Crippen LogP contribution is -2.14. The topological polar surface area (TPSA) is 59.8 Å². The van der Waals surface area contributed by atoms with Crippen LogP contribution in [0.3, 0.4) is 0 Å². The van der Waals surface area contributed by atoms with Gasteiger partial charge < -0.3 is 5.32 Å². The van der Waals surface area contributed by atoms with Crippen LogP contribution in [-0.4, -0.2) is 26.4 Å². The summed E-state index contributed by atoms with van der Waals surface area (Å²) >= 11 is 1.38. The standard InChI is InChI=1S/C20H22N4OS/c1-13-5-7-18(8-6-13)24-16(4)22-23-20(24)26-12-19(25)21-17-10-14(2)9-15(3)11-17/h5-11H,12H2,1-4H3,(H,21,25). The second kappa shape index (κ2) is 7.74. The maximum absolute atomic E-state index is 12.3. The molecular formula is C20H22N4OS. The van der Waals surface area contributed by atoms with Crippen molar-refractivity contribution in [2.75, 3.05) is 11.1 Å². The lowest BCUT2D eigenvalue weighted by atomic mass is 10.1. The molecule has 3 rings (SSSR count). The Hall–Kier alpha value is -2.60. The van der Waals surface area contributed by atoms with E-state index in [-0.39, 0.29) is 11.7 Å². The quantitative estimate of drug-likeness (QED) is 0.687. The number of rotatable bonds is 5. The molecule has 134 valence electrons. The smallest absolute Gasteiger partial charge is 0.234 e. The van der Waals surface area contributed by atoms with Crippen LogP contribution in [0.1, 0.15) is 22.5 Å². The van der Waals surface area contributed by atoms with Crippen molar-refractivity contribution in [2.24, 2.45) is 0 Å². The summed E-state index contributed by atoms with van der Waals surface area (Å²) in [5, 5.41) is 12.0. The van der Waals surface area contributed by atoms with Gasteiger partial charge in [-0.3, -0.25) is 9.36 Å². The molecule has 0 fully saturated rings. The summed E-state index contributed by atoms with van der Waals surface area (Å²) in [5.74, 6) is 1.01. The van der Waals surface area contributed by atoms with E-state index in [0.29, 0.717) is 5.16 Å². The molecule has 6 heteroatoms. The Labute approximate surface area is 157 Å². The first-order valence-electron chi connectivity index (χ1n) is 8.42. The minimum atomic E-state index is -0.0592. The molecule has 1 heterocycles. The Morgan fingerprint density at radius 1 is 0.962 bits per heavy atom. The molecule has 1 amide bonds. The van der Waals surface area contributed by atoms with Crippen LogP contribution in [0.4, 0.5) is 5.69 Å². The van der Waals surface area contributed by atoms with Gasteiger partial charge in [-0.2, -0.15) is 0 Å². The van der Waals surface area contributed by atoms with E-state index in [9.17, 15) is 4.79 Å². The number of anilines is 1. The molecular weight excluding hydrogens is 344 g/mol. The molecule has 26 heavy (non-hydrogen) atoms. The van der Waals surface area contributed by atoms with Crippen molar-refractivity contribution >= 4 is 23.4 Å². The van der Waals surface area contributed by atoms with Crippen molar-refractivity contribution in [3.63, 3.8) is 0 Å². The summed E-state index contributed by atoms with van der Waals surface area (Å²) in [7, 11) is 0. The van der Waals surface area contributed by atoms with Crippen LogP contribution in [0.15, 0.2) is 47.6 Å². The minimum Gasteiger partial charge on any atom is -0.325 e. The van der Waals surface area contributed by atoms with E-state index in [1.54, 1.807) is 0 Å². The third-order valence-corrected chi connectivity index (χ3v) is 4.85. The first-order valence-corrected chi connectivity index (χ1v) is 9.41. The van der Waals surface area contributed by atoms with Crippen LogP contribution in [0, 0.1) is 27.7 Å². The van der Waals surface area contributed by atoms with Crippen molar-refractivity contribution in [2.45, 2.75) is 32.9 Å². The number of carbonyl (C=O) groups is 1. The minimum absolute atomic E-state index is 0.0592. The predicted molar refractivity (Wildman–Crippen MR) is 106 cm³/mol. The van der Waals surface area contributed by atoms with Gasteiger partial charge in [0, 0.05) is 11.4 Å². The molecule has 0 unspecified atom stereocenters. The van der Waals surface area contributed by atoms with Crippen molar-refractivity contribution in [3.8, 4) is 5.69 Å². The zero-order chi connectivity index (χ0) is 18.7. The third-order valence-electron chi connectivity index (χ3n) is 3.93. The SMILES string of the molecule is Cc1ccc(-n2c(C)nnc2SCC(=O)Nc2cc(C)cc(C)c2)cc1. The molecule has 3 aromatic rings. The molecule has 0 aliphatic rings. The zero-order valence-electron chi connectivity index (χ0n) is 15.4. The Kier molecular flexibility index (Phi) is 5.42. The van der Waals surface area contributed by atoms with Crippen LogP contribution in [0.2, 0.25) is 0 Å². The van der Waals surface area contributed by atoms with Crippen LogP contribution in [0.25, 0.3) is 5.69 Å². The highest BCUT2D eigenvalue weighted by atomic mass is 32.2. The van der Waals surface area contributed by atoms with Crippen molar-refractivity contribution in [3.05, 3.63) is 65.0 Å². The first kappa shape index (κ1) is 18.2. The number of carbonyl (C=O) groups excluding carboxylic acids is 1. The molecule has 0 bridgehead atoms. The number of amides is 1. The molecule has 2 aromatic carbocycles. The van der Waals surface area contributed by atoms with Gasteiger partial charge in [0.25, 0.3) is 0 Å². The van der Waals surface area contributed by atoms with E-state index in [1.807, 2.05) is 49.6 Å². The molecule has 0 aliphatic carbocycles. The number of hydrogen-bond donors (Lipinski definition) is 1. The lowest BCUT2D eigenvalue weighted by Gasteiger charge is -2.09. The fourth-order valence-electron chi connectivity index (χ4n) is 2.80. The predicted octanol–water partition coefficient (Wildman–Crippen LogP) is 4.23. The van der Waals surface area contributed by atoms with E-state index < -0.39 is 0 Å². The summed E-state index contributed by atoms with van der Waals surface area (Å²) in [6.07, 6.45) is 0. The number of aryl methyl sites for hydroxylation is 4. The van der Waals surface area contributed by atoms with Gasteiger partial charge in [-0.15, -0.1) is 10.2 Å². The number of aromatic nitrogens is 3. The Morgan fingerprint density at radius 3 is 2.27 bits per heavy atom. The number of hydrogen-bond acceptors (Lipinski definition) is 4. The van der Waals surface area contributed by atoms with Gasteiger partial charge in [-0.25, -0.2) is 0 Å². The van der Waals surface area contributed by atoms with Crippen molar-refractivity contribution in [1.29, 1.82) is 0 Å². The number of thioether (sulfide) groups is 1. The maximum atomic E-state index is 12.3. The van der Waals surface area contributed by atoms with E-state index >= 15 is 0 Å². The molecule has 1 aromatic heterocycles. The lowest BCUT2D eigenvalue weighted by molar-refractivity contribution is -0.113.